The van der Waals surface area contributed by atoms with Crippen molar-refractivity contribution in [3.05, 3.63) is 89.2 Å². The van der Waals surface area contributed by atoms with Gasteiger partial charge in [-0.2, -0.15) is 0 Å². The highest BCUT2D eigenvalue weighted by molar-refractivity contribution is 5.68. The van der Waals surface area contributed by atoms with Crippen LogP contribution in [0.5, 0.6) is 34.5 Å². The average Bonchev–Trinajstić information content (AvgIpc) is 3.09. The summed E-state index contributed by atoms with van der Waals surface area (Å²) in [4.78, 5) is 0. The largest absolute Gasteiger partial charge is 0.450 e. The molecule has 0 saturated heterocycles. The van der Waals surface area contributed by atoms with Gasteiger partial charge < -0.3 is 31.4 Å². The summed E-state index contributed by atoms with van der Waals surface area (Å²) in [6.45, 7) is 0. The third-order valence-corrected chi connectivity index (χ3v) is 13.9. The molecule has 0 atom stereocenters. The van der Waals surface area contributed by atoms with Crippen LogP contribution in [0, 0.1) is 53.0 Å². The van der Waals surface area contributed by atoms with E-state index in [1.54, 1.807) is 0 Å². The van der Waals surface area contributed by atoms with E-state index in [-0.39, 0.29) is 45.3 Å². The lowest BCUT2D eigenvalue weighted by Gasteiger charge is -2.59. The molecule has 8 saturated carbocycles. The first-order valence-corrected chi connectivity index (χ1v) is 19.4. The summed E-state index contributed by atoms with van der Waals surface area (Å²) >= 11 is 0. The van der Waals surface area contributed by atoms with Crippen LogP contribution in [0.25, 0.3) is 0 Å². The highest BCUT2D eigenvalue weighted by Crippen LogP contribution is 2.68. The summed E-state index contributed by atoms with van der Waals surface area (Å²) in [6, 6.07) is 14.8. The topological polar surface area (TPSA) is 106 Å². The number of nitrogen functional groups attached to an aromatic ring is 3. The van der Waals surface area contributed by atoms with Gasteiger partial charge in [0, 0.05) is 46.4 Å². The van der Waals surface area contributed by atoms with Gasteiger partial charge in [0.2, 0.25) is 5.75 Å². The van der Waals surface area contributed by atoms with Crippen molar-refractivity contribution >= 4 is 17.1 Å². The standard InChI is InChI=1S/C44H46F3N3O3/c45-34-4-1-29(48)13-37(34)51-40-32(43-17-23-7-24(18-43)9-25(8-23)19-43)16-33(44-20-26-10-27(21-44)12-28(11-26)22-44)41(52-38-14-30(49)2-5-35(38)46)42(40)53-39-15-31(50)3-6-36(39)47/h1-6,13-16,23-28H,7-12,17-22,48-50H2. The van der Waals surface area contributed by atoms with E-state index in [4.69, 9.17) is 31.4 Å². The van der Waals surface area contributed by atoms with Crippen LogP contribution in [0.1, 0.15) is 88.2 Å². The van der Waals surface area contributed by atoms with Crippen molar-refractivity contribution in [2.45, 2.75) is 87.9 Å². The summed E-state index contributed by atoms with van der Waals surface area (Å²) in [5.41, 5.74) is 20.9. The second-order valence-electron chi connectivity index (χ2n) is 17.7. The Kier molecular flexibility index (Phi) is 7.48. The fourth-order valence-corrected chi connectivity index (χ4v) is 12.7. The van der Waals surface area contributed by atoms with Crippen molar-refractivity contribution in [2.75, 3.05) is 17.2 Å². The highest BCUT2D eigenvalue weighted by atomic mass is 19.1. The average molecular weight is 722 g/mol. The first-order chi connectivity index (χ1) is 25.5. The monoisotopic (exact) mass is 721 g/mol. The Morgan fingerprint density at radius 1 is 0.415 bits per heavy atom. The van der Waals surface area contributed by atoms with Gasteiger partial charge in [0.05, 0.1) is 0 Å². The lowest BCUT2D eigenvalue weighted by Crippen LogP contribution is -2.50. The van der Waals surface area contributed by atoms with E-state index in [2.05, 4.69) is 6.07 Å². The number of rotatable bonds is 8. The molecule has 0 amide bonds. The van der Waals surface area contributed by atoms with Crippen LogP contribution < -0.4 is 31.4 Å². The maximum Gasteiger partial charge on any atom is 0.213 e. The molecule has 0 unspecified atom stereocenters. The third kappa shape index (κ3) is 5.59. The van der Waals surface area contributed by atoms with Crippen LogP contribution in [0.3, 0.4) is 0 Å². The number of hydrogen-bond acceptors (Lipinski definition) is 6. The van der Waals surface area contributed by atoms with Crippen molar-refractivity contribution in [2.24, 2.45) is 35.5 Å². The van der Waals surface area contributed by atoms with Crippen LogP contribution in [-0.2, 0) is 10.8 Å². The Morgan fingerprint density at radius 2 is 0.698 bits per heavy atom. The first kappa shape index (κ1) is 33.1. The molecule has 0 aliphatic heterocycles. The maximum absolute atomic E-state index is 15.8. The molecule has 4 aromatic carbocycles. The molecular formula is C44H46F3N3O3. The Morgan fingerprint density at radius 3 is 1.00 bits per heavy atom. The van der Waals surface area contributed by atoms with Gasteiger partial charge in [0.25, 0.3) is 0 Å². The van der Waals surface area contributed by atoms with Crippen LogP contribution in [0.4, 0.5) is 30.2 Å². The quantitative estimate of drug-likeness (QED) is 0.156. The molecule has 8 bridgehead atoms. The Labute approximate surface area is 308 Å². The van der Waals surface area contributed by atoms with Crippen molar-refractivity contribution in [3.8, 4) is 34.5 Å². The lowest BCUT2D eigenvalue weighted by molar-refractivity contribution is -0.00963. The van der Waals surface area contributed by atoms with E-state index in [1.165, 1.54) is 93.1 Å². The minimum atomic E-state index is -0.641. The Bertz CT molecular complexity index is 1940. The zero-order valence-corrected chi connectivity index (χ0v) is 29.8. The minimum Gasteiger partial charge on any atom is -0.450 e. The van der Waals surface area contributed by atoms with Gasteiger partial charge in [-0.25, -0.2) is 13.2 Å². The van der Waals surface area contributed by atoms with Crippen LogP contribution >= 0.6 is 0 Å². The van der Waals surface area contributed by atoms with Crippen molar-refractivity contribution in [1.82, 2.24) is 0 Å². The molecule has 8 aliphatic rings. The second kappa shape index (κ2) is 12.0. The molecule has 53 heavy (non-hydrogen) atoms. The molecule has 0 radical (unpaired) electrons. The Balaban J connectivity index is 1.28. The van der Waals surface area contributed by atoms with Crippen LogP contribution in [0.15, 0.2) is 60.7 Å². The maximum atomic E-state index is 15.8. The molecule has 6 N–H and O–H groups in total. The van der Waals surface area contributed by atoms with Crippen LogP contribution in [-0.4, -0.2) is 0 Å². The molecule has 276 valence electrons. The summed E-state index contributed by atoms with van der Waals surface area (Å²) in [7, 11) is 0. The number of hydrogen-bond donors (Lipinski definition) is 3. The molecule has 0 aromatic heterocycles. The summed E-state index contributed by atoms with van der Waals surface area (Å²) in [6.07, 6.45) is 13.2. The van der Waals surface area contributed by atoms with Gasteiger partial charge in [-0.1, -0.05) is 0 Å². The van der Waals surface area contributed by atoms with Gasteiger partial charge in [0.15, 0.2) is 46.2 Å². The summed E-state index contributed by atoms with van der Waals surface area (Å²) in [5, 5.41) is 0. The first-order valence-electron chi connectivity index (χ1n) is 19.4. The Hall–Kier alpha value is -4.53. The summed E-state index contributed by atoms with van der Waals surface area (Å²) < 4.78 is 67.6. The number of nitrogens with two attached hydrogens (primary N) is 3. The van der Waals surface area contributed by atoms with E-state index in [1.807, 2.05) is 0 Å². The molecule has 0 spiro atoms. The molecule has 0 heterocycles. The smallest absolute Gasteiger partial charge is 0.213 e. The third-order valence-electron chi connectivity index (χ3n) is 13.9. The normalized spacial score (nSPS) is 31.9. The van der Waals surface area contributed by atoms with Gasteiger partial charge in [-0.05, 0) is 166 Å². The SMILES string of the molecule is Nc1ccc(F)c(Oc2c(C34CC5CC(CC(C5)C3)C4)cc(C34CC5CC(CC(C5)C3)C4)c(Oc3cc(N)ccc3F)c2Oc2cc(N)ccc2F)c1. The zero-order chi connectivity index (χ0) is 36.2. The summed E-state index contributed by atoms with van der Waals surface area (Å²) in [5.74, 6) is 1.87. The van der Waals surface area contributed by atoms with E-state index >= 15 is 13.2 Å². The van der Waals surface area contributed by atoms with Gasteiger partial charge >= 0.3 is 0 Å². The molecule has 6 nitrogen and oxygen atoms in total. The van der Waals surface area contributed by atoms with Crippen LogP contribution in [0.2, 0.25) is 0 Å². The fraction of sp³-hybridized carbons (Fsp3) is 0.455. The van der Waals surface area contributed by atoms with Gasteiger partial charge in [-0.3, -0.25) is 0 Å². The number of halogens is 3. The van der Waals surface area contributed by atoms with E-state index < -0.39 is 17.5 Å². The van der Waals surface area contributed by atoms with Gasteiger partial charge in [0.1, 0.15) is 0 Å². The number of anilines is 3. The number of ether oxygens (including phenoxy) is 3. The molecule has 4 aromatic rings. The van der Waals surface area contributed by atoms with Crippen molar-refractivity contribution < 1.29 is 27.4 Å². The second-order valence-corrected chi connectivity index (χ2v) is 17.7. The van der Waals surface area contributed by atoms with Crippen molar-refractivity contribution in [3.63, 3.8) is 0 Å². The minimum absolute atomic E-state index is 0.0807. The van der Waals surface area contributed by atoms with Crippen molar-refractivity contribution in [1.29, 1.82) is 0 Å². The predicted molar refractivity (Wildman–Crippen MR) is 199 cm³/mol. The van der Waals surface area contributed by atoms with E-state index in [0.717, 1.165) is 49.7 Å². The molecule has 8 fully saturated rings. The highest BCUT2D eigenvalue weighted by Gasteiger charge is 2.56. The predicted octanol–water partition coefficient (Wildman–Crippen LogP) is 11.2. The molecule has 12 rings (SSSR count). The lowest BCUT2D eigenvalue weighted by atomic mass is 9.46. The zero-order valence-electron chi connectivity index (χ0n) is 29.8. The fourth-order valence-electron chi connectivity index (χ4n) is 12.7. The molecular weight excluding hydrogens is 675 g/mol. The molecule has 8 aliphatic carbocycles. The number of benzene rings is 4. The molecule has 9 heteroatoms. The van der Waals surface area contributed by atoms with E-state index in [0.29, 0.717) is 52.6 Å². The van der Waals surface area contributed by atoms with E-state index in [9.17, 15) is 0 Å². The van der Waals surface area contributed by atoms with Gasteiger partial charge in [-0.15, -0.1) is 0 Å².